The summed E-state index contributed by atoms with van der Waals surface area (Å²) >= 11 is 1.49. The smallest absolute Gasteiger partial charge is 0.258 e. The summed E-state index contributed by atoms with van der Waals surface area (Å²) in [6.45, 7) is 1.97. The summed E-state index contributed by atoms with van der Waals surface area (Å²) in [5, 5.41) is 8.04. The summed E-state index contributed by atoms with van der Waals surface area (Å²) in [6, 6.07) is 0. The van der Waals surface area contributed by atoms with Crippen molar-refractivity contribution in [1.82, 2.24) is 29.7 Å². The Balaban J connectivity index is 1.94. The molecule has 0 aliphatic carbocycles. The predicted octanol–water partition coefficient (Wildman–Crippen LogP) is 1.60. The first-order valence-electron chi connectivity index (χ1n) is 7.45. The van der Waals surface area contributed by atoms with E-state index in [0.29, 0.717) is 23.0 Å². The number of aromatic nitrogens is 6. The van der Waals surface area contributed by atoms with Crippen molar-refractivity contribution in [1.29, 1.82) is 0 Å². The highest BCUT2D eigenvalue weighted by atomic mass is 32.2. The van der Waals surface area contributed by atoms with Crippen LogP contribution in [0.25, 0.3) is 5.95 Å². The second-order valence-electron chi connectivity index (χ2n) is 5.09. The van der Waals surface area contributed by atoms with Gasteiger partial charge in [0.2, 0.25) is 17.1 Å². The van der Waals surface area contributed by atoms with E-state index in [-0.39, 0.29) is 0 Å². The maximum atomic E-state index is 4.58. The molecule has 0 aromatic carbocycles. The van der Waals surface area contributed by atoms with Gasteiger partial charge in [0.1, 0.15) is 6.33 Å². The SMILES string of the molecule is CNc1nc(N2CCCCCC2)nc(-n2cnc(SC)n2)n1. The van der Waals surface area contributed by atoms with E-state index in [0.717, 1.165) is 13.1 Å². The first kappa shape index (κ1) is 15.0. The molecule has 0 spiro atoms. The molecule has 118 valence electrons. The fourth-order valence-electron chi connectivity index (χ4n) is 2.42. The third-order valence-electron chi connectivity index (χ3n) is 3.58. The molecule has 0 bridgehead atoms. The highest BCUT2D eigenvalue weighted by molar-refractivity contribution is 7.98. The lowest BCUT2D eigenvalue weighted by Crippen LogP contribution is -2.27. The van der Waals surface area contributed by atoms with Crippen molar-refractivity contribution >= 4 is 23.7 Å². The minimum Gasteiger partial charge on any atom is -0.357 e. The minimum atomic E-state index is 0.492. The molecule has 8 nitrogen and oxygen atoms in total. The molecule has 2 aromatic heterocycles. The van der Waals surface area contributed by atoms with Crippen LogP contribution in [0.1, 0.15) is 25.7 Å². The Morgan fingerprint density at radius 1 is 1.05 bits per heavy atom. The van der Waals surface area contributed by atoms with E-state index in [1.165, 1.54) is 37.4 Å². The lowest BCUT2D eigenvalue weighted by atomic mass is 10.2. The summed E-state index contributed by atoms with van der Waals surface area (Å²) in [6.07, 6.45) is 8.47. The van der Waals surface area contributed by atoms with Crippen LogP contribution in [-0.2, 0) is 0 Å². The Bertz CT molecular complexity index is 620. The van der Waals surface area contributed by atoms with E-state index in [4.69, 9.17) is 0 Å². The van der Waals surface area contributed by atoms with Crippen LogP contribution in [0, 0.1) is 0 Å². The molecule has 22 heavy (non-hydrogen) atoms. The first-order chi connectivity index (χ1) is 10.8. The molecule has 0 atom stereocenters. The Kier molecular flexibility index (Phi) is 4.71. The Labute approximate surface area is 133 Å². The number of thioether (sulfide) groups is 1. The van der Waals surface area contributed by atoms with Gasteiger partial charge in [-0.2, -0.15) is 19.6 Å². The second kappa shape index (κ2) is 6.91. The van der Waals surface area contributed by atoms with Gasteiger partial charge in [-0.05, 0) is 19.1 Å². The molecule has 3 rings (SSSR count). The van der Waals surface area contributed by atoms with Gasteiger partial charge in [0.25, 0.3) is 5.95 Å². The maximum Gasteiger partial charge on any atom is 0.258 e. The van der Waals surface area contributed by atoms with Gasteiger partial charge in [-0.3, -0.25) is 0 Å². The van der Waals surface area contributed by atoms with Crippen LogP contribution >= 0.6 is 11.8 Å². The molecule has 2 aromatic rings. The fourth-order valence-corrected chi connectivity index (χ4v) is 2.74. The van der Waals surface area contributed by atoms with Crippen molar-refractivity contribution in [2.24, 2.45) is 0 Å². The largest absolute Gasteiger partial charge is 0.357 e. The highest BCUT2D eigenvalue weighted by Crippen LogP contribution is 2.18. The summed E-state index contributed by atoms with van der Waals surface area (Å²) < 4.78 is 1.59. The number of hydrogen-bond acceptors (Lipinski definition) is 8. The molecule has 1 N–H and O–H groups in total. The van der Waals surface area contributed by atoms with Gasteiger partial charge in [-0.15, -0.1) is 5.10 Å². The summed E-state index contributed by atoms with van der Waals surface area (Å²) in [4.78, 5) is 19.9. The van der Waals surface area contributed by atoms with Crippen molar-refractivity contribution < 1.29 is 0 Å². The van der Waals surface area contributed by atoms with Crippen LogP contribution < -0.4 is 10.2 Å². The van der Waals surface area contributed by atoms with E-state index in [1.54, 1.807) is 18.1 Å². The molecular weight excluding hydrogens is 300 g/mol. The molecule has 0 unspecified atom stereocenters. The van der Waals surface area contributed by atoms with E-state index in [2.05, 4.69) is 35.3 Å². The van der Waals surface area contributed by atoms with Crippen molar-refractivity contribution in [2.45, 2.75) is 30.8 Å². The quantitative estimate of drug-likeness (QED) is 0.850. The summed E-state index contributed by atoms with van der Waals surface area (Å²) in [5.74, 6) is 1.74. The average Bonchev–Trinajstić information content (AvgIpc) is 2.88. The molecule has 9 heteroatoms. The zero-order valence-electron chi connectivity index (χ0n) is 12.9. The minimum absolute atomic E-state index is 0.492. The molecular formula is C13H20N8S. The number of hydrogen-bond donors (Lipinski definition) is 1. The van der Waals surface area contributed by atoms with Crippen LogP contribution in [0.15, 0.2) is 11.5 Å². The summed E-state index contributed by atoms with van der Waals surface area (Å²) in [5.41, 5.74) is 0. The van der Waals surface area contributed by atoms with E-state index in [9.17, 15) is 0 Å². The van der Waals surface area contributed by atoms with Crippen LogP contribution in [0.3, 0.4) is 0 Å². The molecule has 3 heterocycles. The van der Waals surface area contributed by atoms with Crippen molar-refractivity contribution in [2.75, 3.05) is 36.6 Å². The molecule has 1 aliphatic heterocycles. The van der Waals surface area contributed by atoms with Gasteiger partial charge in [-0.1, -0.05) is 24.6 Å². The monoisotopic (exact) mass is 320 g/mol. The third-order valence-corrected chi connectivity index (χ3v) is 4.13. The third kappa shape index (κ3) is 3.29. The number of anilines is 2. The van der Waals surface area contributed by atoms with E-state index in [1.807, 2.05) is 6.26 Å². The zero-order chi connectivity index (χ0) is 15.4. The Hall–Kier alpha value is -1.90. The Morgan fingerprint density at radius 2 is 1.77 bits per heavy atom. The van der Waals surface area contributed by atoms with Crippen LogP contribution in [0.5, 0.6) is 0 Å². The first-order valence-corrected chi connectivity index (χ1v) is 8.67. The van der Waals surface area contributed by atoms with Gasteiger partial charge in [0.05, 0.1) is 0 Å². The number of nitrogens with one attached hydrogen (secondary N) is 1. The van der Waals surface area contributed by atoms with Crippen molar-refractivity contribution in [3.63, 3.8) is 0 Å². The normalized spacial score (nSPS) is 15.6. The predicted molar refractivity (Wildman–Crippen MR) is 86.8 cm³/mol. The van der Waals surface area contributed by atoms with E-state index < -0.39 is 0 Å². The topological polar surface area (TPSA) is 84.7 Å². The van der Waals surface area contributed by atoms with Gasteiger partial charge in [0, 0.05) is 20.1 Å². The maximum absolute atomic E-state index is 4.58. The zero-order valence-corrected chi connectivity index (χ0v) is 13.7. The molecule has 1 aliphatic rings. The van der Waals surface area contributed by atoms with Crippen molar-refractivity contribution in [3.8, 4) is 5.95 Å². The number of rotatable bonds is 4. The van der Waals surface area contributed by atoms with Crippen LogP contribution in [0.4, 0.5) is 11.9 Å². The molecule has 0 amide bonds. The molecule has 1 fully saturated rings. The molecule has 1 saturated heterocycles. The van der Waals surface area contributed by atoms with Crippen molar-refractivity contribution in [3.05, 3.63) is 6.33 Å². The van der Waals surface area contributed by atoms with Gasteiger partial charge in [-0.25, -0.2) is 4.98 Å². The second-order valence-corrected chi connectivity index (χ2v) is 5.86. The highest BCUT2D eigenvalue weighted by Gasteiger charge is 2.16. The fraction of sp³-hybridized carbons (Fsp3) is 0.615. The lowest BCUT2D eigenvalue weighted by molar-refractivity contribution is 0.726. The van der Waals surface area contributed by atoms with E-state index >= 15 is 0 Å². The van der Waals surface area contributed by atoms with Crippen LogP contribution in [-0.4, -0.2) is 56.1 Å². The summed E-state index contributed by atoms with van der Waals surface area (Å²) in [7, 11) is 1.81. The molecule has 0 radical (unpaired) electrons. The Morgan fingerprint density at radius 3 is 2.41 bits per heavy atom. The van der Waals surface area contributed by atoms with Gasteiger partial charge >= 0.3 is 0 Å². The molecule has 0 saturated carbocycles. The standard InChI is InChI=1S/C13H20N8S/c1-14-10-16-11(20-7-5-3-4-6-8-20)18-12(17-10)21-9-15-13(19-21)22-2/h9H,3-8H2,1-2H3,(H,14,16,17,18). The van der Waals surface area contributed by atoms with Gasteiger partial charge < -0.3 is 10.2 Å². The average molecular weight is 320 g/mol. The van der Waals surface area contributed by atoms with Gasteiger partial charge in [0.15, 0.2) is 0 Å². The lowest BCUT2D eigenvalue weighted by Gasteiger charge is -2.20. The number of nitrogens with zero attached hydrogens (tertiary/aromatic N) is 7. The van der Waals surface area contributed by atoms with Crippen LogP contribution in [0.2, 0.25) is 0 Å².